The van der Waals surface area contributed by atoms with Gasteiger partial charge in [-0.3, -0.25) is 4.79 Å². The van der Waals surface area contributed by atoms with Crippen molar-refractivity contribution < 1.29 is 15.0 Å². The maximum absolute atomic E-state index is 12.3. The number of allylic oxidation sites excluding steroid dienone is 1. The largest absolute Gasteiger partial charge is 0.508 e. The van der Waals surface area contributed by atoms with E-state index < -0.39 is 0 Å². The molecule has 0 heterocycles. The van der Waals surface area contributed by atoms with Crippen molar-refractivity contribution in [3.8, 4) is 11.5 Å². The van der Waals surface area contributed by atoms with Gasteiger partial charge in [-0.15, -0.1) is 0 Å². The predicted molar refractivity (Wildman–Crippen MR) is 71.7 cm³/mol. The molecule has 2 N–H and O–H groups in total. The molecule has 1 aromatic rings. The van der Waals surface area contributed by atoms with Crippen LogP contribution in [0.15, 0.2) is 18.2 Å². The van der Waals surface area contributed by atoms with Crippen LogP contribution in [0.25, 0.3) is 6.08 Å². The molecule has 0 unspecified atom stereocenters. The minimum Gasteiger partial charge on any atom is -0.508 e. The molecule has 0 bridgehead atoms. The van der Waals surface area contributed by atoms with E-state index in [0.717, 1.165) is 0 Å². The average molecular weight is 249 g/mol. The Hall–Kier alpha value is -1.97. The summed E-state index contributed by atoms with van der Waals surface area (Å²) in [6, 6.07) is 2.65. The molecule has 0 aliphatic carbocycles. The Labute approximate surface area is 107 Å². The zero-order valence-electron chi connectivity index (χ0n) is 11.0. The average Bonchev–Trinajstić information content (AvgIpc) is 2.30. The molecule has 0 aromatic heterocycles. The van der Waals surface area contributed by atoms with Crippen molar-refractivity contribution in [2.45, 2.75) is 20.8 Å². The second-order valence-corrected chi connectivity index (χ2v) is 3.91. The highest BCUT2D eigenvalue weighted by atomic mass is 16.3. The molecule has 0 spiro atoms. The number of phenols is 2. The minimum absolute atomic E-state index is 0.0586. The zero-order valence-corrected chi connectivity index (χ0v) is 11.0. The van der Waals surface area contributed by atoms with E-state index in [1.807, 2.05) is 20.8 Å². The highest BCUT2D eigenvalue weighted by Gasteiger charge is 2.20. The van der Waals surface area contributed by atoms with E-state index in [0.29, 0.717) is 18.7 Å². The van der Waals surface area contributed by atoms with E-state index in [9.17, 15) is 15.0 Å². The smallest absolute Gasteiger partial charge is 0.258 e. The molecule has 18 heavy (non-hydrogen) atoms. The fraction of sp³-hybridized carbons (Fsp3) is 0.357. The molecule has 98 valence electrons. The zero-order chi connectivity index (χ0) is 13.7. The van der Waals surface area contributed by atoms with Crippen molar-refractivity contribution >= 4 is 12.0 Å². The normalized spacial score (nSPS) is 10.8. The summed E-state index contributed by atoms with van der Waals surface area (Å²) >= 11 is 0. The summed E-state index contributed by atoms with van der Waals surface area (Å²) < 4.78 is 0. The first-order valence-corrected chi connectivity index (χ1v) is 6.03. The Kier molecular flexibility index (Phi) is 4.77. The van der Waals surface area contributed by atoms with Crippen LogP contribution in [0.5, 0.6) is 11.5 Å². The molecule has 0 radical (unpaired) electrons. The highest BCUT2D eigenvalue weighted by molar-refractivity contribution is 6.00. The Morgan fingerprint density at radius 1 is 1.28 bits per heavy atom. The number of rotatable bonds is 4. The molecule has 0 aliphatic heterocycles. The van der Waals surface area contributed by atoms with Gasteiger partial charge in [-0.1, -0.05) is 12.2 Å². The molecule has 4 nitrogen and oxygen atoms in total. The van der Waals surface area contributed by atoms with E-state index in [1.165, 1.54) is 12.1 Å². The summed E-state index contributed by atoms with van der Waals surface area (Å²) in [5, 5.41) is 19.3. The van der Waals surface area contributed by atoms with Gasteiger partial charge in [0.25, 0.3) is 5.91 Å². The van der Waals surface area contributed by atoms with Gasteiger partial charge >= 0.3 is 0 Å². The predicted octanol–water partition coefficient (Wildman–Crippen LogP) is 2.61. The molecular weight excluding hydrogens is 230 g/mol. The van der Waals surface area contributed by atoms with Gasteiger partial charge in [0.2, 0.25) is 0 Å². The Balaban J connectivity index is 3.33. The maximum atomic E-state index is 12.3. The van der Waals surface area contributed by atoms with Crippen molar-refractivity contribution in [3.63, 3.8) is 0 Å². The number of carbonyl (C=O) groups is 1. The van der Waals surface area contributed by atoms with Crippen molar-refractivity contribution in [3.05, 3.63) is 29.3 Å². The van der Waals surface area contributed by atoms with Crippen LogP contribution in [-0.2, 0) is 0 Å². The van der Waals surface area contributed by atoms with E-state index in [-0.39, 0.29) is 23.0 Å². The topological polar surface area (TPSA) is 60.8 Å². The lowest BCUT2D eigenvalue weighted by molar-refractivity contribution is 0.0770. The van der Waals surface area contributed by atoms with Gasteiger partial charge in [-0.05, 0) is 32.4 Å². The molecule has 1 amide bonds. The third-order valence-corrected chi connectivity index (χ3v) is 2.74. The van der Waals surface area contributed by atoms with Crippen molar-refractivity contribution in [1.29, 1.82) is 0 Å². The summed E-state index contributed by atoms with van der Waals surface area (Å²) in [5.74, 6) is -0.484. The fourth-order valence-corrected chi connectivity index (χ4v) is 1.85. The first-order valence-electron chi connectivity index (χ1n) is 6.03. The minimum atomic E-state index is -0.231. The van der Waals surface area contributed by atoms with Gasteiger partial charge in [0.05, 0.1) is 5.56 Å². The molecule has 0 saturated heterocycles. The lowest BCUT2D eigenvalue weighted by atomic mass is 10.0. The molecule has 0 atom stereocenters. The number of amides is 1. The lowest BCUT2D eigenvalue weighted by Crippen LogP contribution is -2.31. The second-order valence-electron chi connectivity index (χ2n) is 3.91. The Morgan fingerprint density at radius 2 is 1.89 bits per heavy atom. The van der Waals surface area contributed by atoms with Gasteiger partial charge in [0, 0.05) is 19.2 Å². The van der Waals surface area contributed by atoms with E-state index in [4.69, 9.17) is 0 Å². The van der Waals surface area contributed by atoms with Crippen LogP contribution >= 0.6 is 0 Å². The number of phenolic OH excluding ortho intramolecular Hbond substituents is 2. The quantitative estimate of drug-likeness (QED) is 0.862. The molecule has 1 aromatic carbocycles. The SMILES string of the molecule is C/C=C/c1cc(O)cc(O)c1C(=O)N(CC)CC. The van der Waals surface area contributed by atoms with Gasteiger partial charge in [0.1, 0.15) is 11.5 Å². The summed E-state index contributed by atoms with van der Waals surface area (Å²) in [4.78, 5) is 13.9. The van der Waals surface area contributed by atoms with E-state index in [1.54, 1.807) is 17.1 Å². The molecule has 4 heteroatoms. The number of aromatic hydroxyl groups is 2. The third-order valence-electron chi connectivity index (χ3n) is 2.74. The molecule has 0 saturated carbocycles. The number of nitrogens with zero attached hydrogens (tertiary/aromatic N) is 1. The first kappa shape index (κ1) is 14.1. The van der Waals surface area contributed by atoms with Crippen LogP contribution in [0.3, 0.4) is 0 Å². The van der Waals surface area contributed by atoms with Crippen LogP contribution in [0.4, 0.5) is 0 Å². The number of carbonyl (C=O) groups excluding carboxylic acids is 1. The van der Waals surface area contributed by atoms with Gasteiger partial charge < -0.3 is 15.1 Å². The summed E-state index contributed by atoms with van der Waals surface area (Å²) in [6.45, 7) is 6.73. The molecular formula is C14H19NO3. The summed E-state index contributed by atoms with van der Waals surface area (Å²) in [7, 11) is 0. The summed E-state index contributed by atoms with van der Waals surface area (Å²) in [5.41, 5.74) is 0.751. The second kappa shape index (κ2) is 6.10. The van der Waals surface area contributed by atoms with Crippen molar-refractivity contribution in [2.75, 3.05) is 13.1 Å². The standard InChI is InChI=1S/C14H19NO3/c1-4-7-10-8-11(16)9-12(17)13(10)14(18)15(5-2)6-3/h4,7-9,16-17H,5-6H2,1-3H3/b7-4+. The van der Waals surface area contributed by atoms with E-state index in [2.05, 4.69) is 0 Å². The number of hydrogen-bond donors (Lipinski definition) is 2. The Morgan fingerprint density at radius 3 is 2.39 bits per heavy atom. The van der Waals surface area contributed by atoms with Crippen molar-refractivity contribution in [2.24, 2.45) is 0 Å². The van der Waals surface area contributed by atoms with E-state index >= 15 is 0 Å². The molecule has 0 aliphatic rings. The van der Waals surface area contributed by atoms with Crippen LogP contribution in [-0.4, -0.2) is 34.1 Å². The van der Waals surface area contributed by atoms with Gasteiger partial charge in [0.15, 0.2) is 0 Å². The van der Waals surface area contributed by atoms with Gasteiger partial charge in [-0.2, -0.15) is 0 Å². The third kappa shape index (κ3) is 2.83. The molecule has 0 fully saturated rings. The van der Waals surface area contributed by atoms with Crippen LogP contribution in [0.2, 0.25) is 0 Å². The highest BCUT2D eigenvalue weighted by Crippen LogP contribution is 2.29. The Bertz CT molecular complexity index is 462. The fourth-order valence-electron chi connectivity index (χ4n) is 1.85. The van der Waals surface area contributed by atoms with Gasteiger partial charge in [-0.25, -0.2) is 0 Å². The maximum Gasteiger partial charge on any atom is 0.258 e. The number of hydrogen-bond acceptors (Lipinski definition) is 3. The van der Waals surface area contributed by atoms with Crippen LogP contribution in [0.1, 0.15) is 36.7 Å². The summed E-state index contributed by atoms with van der Waals surface area (Å²) in [6.07, 6.45) is 3.45. The number of benzene rings is 1. The lowest BCUT2D eigenvalue weighted by Gasteiger charge is -2.20. The molecule has 1 rings (SSSR count). The first-order chi connectivity index (χ1) is 8.54. The monoisotopic (exact) mass is 249 g/mol. The van der Waals surface area contributed by atoms with Crippen LogP contribution in [0, 0.1) is 0 Å². The van der Waals surface area contributed by atoms with Crippen molar-refractivity contribution in [1.82, 2.24) is 4.90 Å². The van der Waals surface area contributed by atoms with Crippen LogP contribution < -0.4 is 0 Å².